The maximum absolute atomic E-state index is 11.5. The summed E-state index contributed by atoms with van der Waals surface area (Å²) in [5.74, 6) is -0.278. The summed E-state index contributed by atoms with van der Waals surface area (Å²) in [5.41, 5.74) is 0.891. The lowest BCUT2D eigenvalue weighted by atomic mass is 10.3. The first-order valence-corrected chi connectivity index (χ1v) is 9.30. The fourth-order valence-electron chi connectivity index (χ4n) is 1.93. The van der Waals surface area contributed by atoms with Gasteiger partial charge in [0.15, 0.2) is 0 Å². The highest BCUT2D eigenvalue weighted by Gasteiger charge is 2.11. The Morgan fingerprint density at radius 2 is 0.833 bits per heavy atom. The first-order valence-electron chi connectivity index (χ1n) is 9.30. The van der Waals surface area contributed by atoms with Gasteiger partial charge in [0.05, 0.1) is 19.8 Å². The maximum Gasteiger partial charge on any atom is 0.333 e. The standard InChI is InChI=1S/C21H27N3O6/c1-13(2)19(25)28-10-7-16-22-17(8-11-29-20(26)14(3)4)24-18(23-16)9-12-30-21(27)15(5)6/h1,3,5,7-12H2,2,4,6H3. The molecule has 0 unspecified atom stereocenters. The molecule has 9 heteroatoms. The zero-order chi connectivity index (χ0) is 22.7. The molecular formula is C21H27N3O6. The van der Waals surface area contributed by atoms with Gasteiger partial charge in [-0.25, -0.2) is 29.3 Å². The smallest absolute Gasteiger partial charge is 0.333 e. The van der Waals surface area contributed by atoms with E-state index in [-0.39, 0.29) is 39.1 Å². The number of hydrogen-bond donors (Lipinski definition) is 0. The molecule has 0 spiro atoms. The lowest BCUT2D eigenvalue weighted by molar-refractivity contribution is -0.139. The molecule has 0 N–H and O–H groups in total. The molecule has 30 heavy (non-hydrogen) atoms. The minimum atomic E-state index is -0.497. The van der Waals surface area contributed by atoms with Gasteiger partial charge in [0, 0.05) is 36.0 Å². The minimum absolute atomic E-state index is 0.0733. The van der Waals surface area contributed by atoms with Crippen LogP contribution in [-0.2, 0) is 47.9 Å². The van der Waals surface area contributed by atoms with E-state index in [1.54, 1.807) is 20.8 Å². The molecule has 1 aromatic heterocycles. The Hall–Kier alpha value is -3.36. The molecule has 0 atom stereocenters. The summed E-state index contributed by atoms with van der Waals surface area (Å²) in [6.07, 6.45) is 0.788. The summed E-state index contributed by atoms with van der Waals surface area (Å²) in [7, 11) is 0. The Morgan fingerprint density at radius 3 is 1.03 bits per heavy atom. The Bertz CT molecular complexity index is 725. The summed E-state index contributed by atoms with van der Waals surface area (Å²) >= 11 is 0. The molecule has 0 radical (unpaired) electrons. The average molecular weight is 417 g/mol. The van der Waals surface area contributed by atoms with Crippen molar-refractivity contribution in [1.29, 1.82) is 0 Å². The number of hydrogen-bond acceptors (Lipinski definition) is 9. The van der Waals surface area contributed by atoms with Crippen molar-refractivity contribution in [3.8, 4) is 0 Å². The van der Waals surface area contributed by atoms with Crippen LogP contribution >= 0.6 is 0 Å². The van der Waals surface area contributed by atoms with Gasteiger partial charge in [-0.15, -0.1) is 0 Å². The van der Waals surface area contributed by atoms with E-state index < -0.39 is 17.9 Å². The third-order valence-corrected chi connectivity index (χ3v) is 3.50. The van der Waals surface area contributed by atoms with Crippen LogP contribution in [0.3, 0.4) is 0 Å². The number of nitrogens with zero attached hydrogens (tertiary/aromatic N) is 3. The van der Waals surface area contributed by atoms with Crippen LogP contribution in [0.1, 0.15) is 38.2 Å². The second kappa shape index (κ2) is 12.3. The van der Waals surface area contributed by atoms with E-state index in [0.717, 1.165) is 0 Å². The van der Waals surface area contributed by atoms with E-state index in [4.69, 9.17) is 14.2 Å². The Morgan fingerprint density at radius 1 is 0.600 bits per heavy atom. The number of aromatic nitrogens is 3. The van der Waals surface area contributed by atoms with Crippen LogP contribution in [0.15, 0.2) is 36.5 Å². The summed E-state index contributed by atoms with van der Waals surface area (Å²) in [5, 5.41) is 0. The van der Waals surface area contributed by atoms with Gasteiger partial charge in [-0.05, 0) is 20.8 Å². The van der Waals surface area contributed by atoms with E-state index in [1.165, 1.54) is 0 Å². The van der Waals surface area contributed by atoms with Crippen molar-refractivity contribution < 1.29 is 28.6 Å². The number of ether oxygens (including phenoxy) is 3. The Kier molecular flexibility index (Phi) is 10.1. The number of rotatable bonds is 12. The van der Waals surface area contributed by atoms with Crippen LogP contribution in [0.4, 0.5) is 0 Å². The van der Waals surface area contributed by atoms with Gasteiger partial charge in [0.25, 0.3) is 0 Å². The number of carbonyl (C=O) groups is 3. The van der Waals surface area contributed by atoms with E-state index >= 15 is 0 Å². The summed E-state index contributed by atoms with van der Waals surface area (Å²) < 4.78 is 15.2. The molecule has 0 saturated carbocycles. The van der Waals surface area contributed by atoms with E-state index in [0.29, 0.717) is 34.2 Å². The highest BCUT2D eigenvalue weighted by Crippen LogP contribution is 2.04. The summed E-state index contributed by atoms with van der Waals surface area (Å²) in [6, 6.07) is 0. The topological polar surface area (TPSA) is 118 Å². The average Bonchev–Trinajstić information content (AvgIpc) is 2.67. The van der Waals surface area contributed by atoms with Crippen LogP contribution in [-0.4, -0.2) is 52.7 Å². The molecule has 0 aromatic carbocycles. The van der Waals surface area contributed by atoms with Gasteiger partial charge in [0.2, 0.25) is 0 Å². The van der Waals surface area contributed by atoms with E-state index in [9.17, 15) is 14.4 Å². The molecule has 0 bridgehead atoms. The van der Waals surface area contributed by atoms with Crippen molar-refractivity contribution in [3.63, 3.8) is 0 Å². The minimum Gasteiger partial charge on any atom is -0.462 e. The highest BCUT2D eigenvalue weighted by molar-refractivity contribution is 5.87. The van der Waals surface area contributed by atoms with Gasteiger partial charge in [-0.3, -0.25) is 0 Å². The van der Waals surface area contributed by atoms with Crippen molar-refractivity contribution in [1.82, 2.24) is 15.0 Å². The van der Waals surface area contributed by atoms with Crippen LogP contribution < -0.4 is 0 Å². The SMILES string of the molecule is C=C(C)C(=O)OCCc1nc(CCOC(=O)C(=C)C)nc(CCOC(=O)C(=C)C)n1. The molecule has 1 rings (SSSR count). The lowest BCUT2D eigenvalue weighted by Gasteiger charge is -2.09. The van der Waals surface area contributed by atoms with Crippen molar-refractivity contribution in [3.05, 3.63) is 53.9 Å². The number of esters is 3. The first kappa shape index (κ1) is 24.7. The number of carbonyl (C=O) groups excluding carboxylic acids is 3. The summed E-state index contributed by atoms with van der Waals surface area (Å²) in [6.45, 7) is 15.4. The molecule has 0 aliphatic rings. The molecule has 0 aliphatic carbocycles. The molecule has 162 valence electrons. The third-order valence-electron chi connectivity index (χ3n) is 3.50. The summed E-state index contributed by atoms with van der Waals surface area (Å²) in [4.78, 5) is 47.5. The van der Waals surface area contributed by atoms with Gasteiger partial charge in [0.1, 0.15) is 17.5 Å². The maximum atomic E-state index is 11.5. The fraction of sp³-hybridized carbons (Fsp3) is 0.429. The molecule has 0 amide bonds. The van der Waals surface area contributed by atoms with Gasteiger partial charge >= 0.3 is 17.9 Å². The Balaban J connectivity index is 2.80. The first-order chi connectivity index (χ1) is 14.1. The second-order valence-corrected chi connectivity index (χ2v) is 6.58. The molecule has 0 aliphatic heterocycles. The lowest BCUT2D eigenvalue weighted by Crippen LogP contribution is -2.16. The molecule has 0 fully saturated rings. The van der Waals surface area contributed by atoms with Crippen LogP contribution in [0, 0.1) is 0 Å². The van der Waals surface area contributed by atoms with Crippen molar-refractivity contribution in [2.24, 2.45) is 0 Å². The largest absolute Gasteiger partial charge is 0.462 e. The van der Waals surface area contributed by atoms with E-state index in [1.807, 2.05) is 0 Å². The van der Waals surface area contributed by atoms with Crippen LogP contribution in [0.5, 0.6) is 0 Å². The predicted octanol–water partition coefficient (Wildman–Crippen LogP) is 1.86. The molecule has 1 aromatic rings. The monoisotopic (exact) mass is 417 g/mol. The molecular weight excluding hydrogens is 390 g/mol. The molecule has 9 nitrogen and oxygen atoms in total. The predicted molar refractivity (Wildman–Crippen MR) is 108 cm³/mol. The van der Waals surface area contributed by atoms with Crippen LogP contribution in [0.25, 0.3) is 0 Å². The fourth-order valence-corrected chi connectivity index (χ4v) is 1.93. The van der Waals surface area contributed by atoms with Gasteiger partial charge < -0.3 is 14.2 Å². The normalized spacial score (nSPS) is 10.1. The van der Waals surface area contributed by atoms with Gasteiger partial charge in [-0.1, -0.05) is 19.7 Å². The van der Waals surface area contributed by atoms with Crippen molar-refractivity contribution >= 4 is 17.9 Å². The molecule has 1 heterocycles. The Labute approximate surface area is 175 Å². The second-order valence-electron chi connectivity index (χ2n) is 6.58. The van der Waals surface area contributed by atoms with Crippen molar-refractivity contribution in [2.45, 2.75) is 40.0 Å². The third kappa shape index (κ3) is 9.22. The zero-order valence-electron chi connectivity index (χ0n) is 17.7. The zero-order valence-corrected chi connectivity index (χ0v) is 17.7. The quantitative estimate of drug-likeness (QED) is 0.285. The highest BCUT2D eigenvalue weighted by atomic mass is 16.5. The van der Waals surface area contributed by atoms with Crippen LogP contribution in [0.2, 0.25) is 0 Å². The van der Waals surface area contributed by atoms with E-state index in [2.05, 4.69) is 34.7 Å². The molecule has 0 saturated heterocycles. The van der Waals surface area contributed by atoms with Crippen molar-refractivity contribution in [2.75, 3.05) is 19.8 Å². The van der Waals surface area contributed by atoms with Gasteiger partial charge in [-0.2, -0.15) is 0 Å².